The van der Waals surface area contributed by atoms with Gasteiger partial charge in [0.25, 0.3) is 0 Å². The number of sulfone groups is 1. The largest absolute Gasteiger partial charge is 1.00 e. The van der Waals surface area contributed by atoms with Crippen LogP contribution in [0.1, 0.15) is 14.8 Å². The van der Waals surface area contributed by atoms with Gasteiger partial charge in [0.15, 0.2) is 15.9 Å². The zero-order chi connectivity index (χ0) is 16.3. The van der Waals surface area contributed by atoms with E-state index in [4.69, 9.17) is 0 Å². The molecule has 2 aliphatic rings. The summed E-state index contributed by atoms with van der Waals surface area (Å²) in [5.74, 6) is -1.82. The first kappa shape index (κ1) is 18.6. The summed E-state index contributed by atoms with van der Waals surface area (Å²) in [7, 11) is -2.20. The molecule has 3 rings (SSSR count). The molecule has 13 heteroatoms. The van der Waals surface area contributed by atoms with Crippen LogP contribution in [-0.4, -0.2) is 72.4 Å². The number of tetrazole rings is 1. The van der Waals surface area contributed by atoms with Gasteiger partial charge in [0.05, 0.1) is 6.42 Å². The van der Waals surface area contributed by atoms with Crippen LogP contribution in [0, 0.1) is 0 Å². The van der Waals surface area contributed by atoms with E-state index in [2.05, 4.69) is 15.5 Å². The standard InChI is InChI=1S/C10H13N5O5S2.Na.H/c1-10(4-21-9-11-12-13-14(9)2)7(8(17)18)15-5(16)3-6(15)22(10,19)20;;/h6-7H,3-4H2,1-2H3,(H,17,18);;/q;+1;-1/t6-,7+,10+;;/m1../s1. The molecule has 2 aliphatic heterocycles. The molecule has 0 radical (unpaired) electrons. The average Bonchev–Trinajstić information content (AvgIpc) is 2.88. The Morgan fingerprint density at radius 2 is 2.22 bits per heavy atom. The summed E-state index contributed by atoms with van der Waals surface area (Å²) in [6.45, 7) is 1.36. The van der Waals surface area contributed by atoms with Crippen molar-refractivity contribution in [2.24, 2.45) is 7.05 Å². The van der Waals surface area contributed by atoms with Gasteiger partial charge >= 0.3 is 35.5 Å². The summed E-state index contributed by atoms with van der Waals surface area (Å²) in [6, 6.07) is -1.39. The first-order chi connectivity index (χ1) is 10.2. The van der Waals surface area contributed by atoms with Crippen molar-refractivity contribution in [1.29, 1.82) is 0 Å². The molecule has 2 saturated heterocycles. The summed E-state index contributed by atoms with van der Waals surface area (Å²) in [5, 5.41) is 19.6. The van der Waals surface area contributed by atoms with Crippen molar-refractivity contribution in [3.63, 3.8) is 0 Å². The van der Waals surface area contributed by atoms with E-state index in [1.54, 1.807) is 7.05 Å². The minimum absolute atomic E-state index is 0. The molecule has 3 heterocycles. The van der Waals surface area contributed by atoms with Crippen molar-refractivity contribution >= 4 is 33.5 Å². The number of thioether (sulfide) groups is 1. The van der Waals surface area contributed by atoms with Gasteiger partial charge < -0.3 is 11.4 Å². The number of hydrogen-bond acceptors (Lipinski definition) is 8. The predicted octanol–water partition coefficient (Wildman–Crippen LogP) is -4.38. The molecule has 0 aromatic carbocycles. The van der Waals surface area contributed by atoms with Gasteiger partial charge in [-0.25, -0.2) is 17.9 Å². The number of carbonyl (C=O) groups excluding carboxylic acids is 1. The number of aryl methyl sites for hydroxylation is 1. The topological polar surface area (TPSA) is 135 Å². The molecule has 0 aliphatic carbocycles. The van der Waals surface area contributed by atoms with E-state index >= 15 is 0 Å². The van der Waals surface area contributed by atoms with Crippen molar-refractivity contribution in [3.05, 3.63) is 0 Å². The van der Waals surface area contributed by atoms with E-state index in [0.717, 1.165) is 16.7 Å². The Morgan fingerprint density at radius 3 is 2.70 bits per heavy atom. The number of β-lactam (4-membered cyclic amide) rings is 1. The van der Waals surface area contributed by atoms with Gasteiger partial charge in [0, 0.05) is 12.8 Å². The second-order valence-electron chi connectivity index (χ2n) is 5.43. The van der Waals surface area contributed by atoms with Gasteiger partial charge in [0.2, 0.25) is 11.1 Å². The maximum Gasteiger partial charge on any atom is 1.00 e. The second-order valence-corrected chi connectivity index (χ2v) is 8.94. The molecule has 23 heavy (non-hydrogen) atoms. The van der Waals surface area contributed by atoms with Gasteiger partial charge in [-0.15, -0.1) is 5.10 Å². The predicted molar refractivity (Wildman–Crippen MR) is 74.6 cm³/mol. The van der Waals surface area contributed by atoms with E-state index in [1.807, 2.05) is 0 Å². The maximum atomic E-state index is 12.7. The summed E-state index contributed by atoms with van der Waals surface area (Å²) in [4.78, 5) is 24.2. The number of aromatic nitrogens is 4. The number of rotatable bonds is 4. The van der Waals surface area contributed by atoms with Crippen LogP contribution >= 0.6 is 11.8 Å². The summed E-state index contributed by atoms with van der Waals surface area (Å²) < 4.78 is 25.1. The molecule has 1 aromatic heterocycles. The number of hydrogen-bond donors (Lipinski definition) is 1. The smallest absolute Gasteiger partial charge is 1.00 e. The van der Waals surface area contributed by atoms with Gasteiger partial charge in [-0.3, -0.25) is 4.79 Å². The van der Waals surface area contributed by atoms with Gasteiger partial charge in [-0.2, -0.15) is 0 Å². The van der Waals surface area contributed by atoms with E-state index in [1.165, 1.54) is 11.6 Å². The zero-order valence-corrected chi connectivity index (χ0v) is 16.3. The van der Waals surface area contributed by atoms with E-state index < -0.39 is 37.9 Å². The van der Waals surface area contributed by atoms with Crippen LogP contribution in [0.25, 0.3) is 0 Å². The van der Waals surface area contributed by atoms with Crippen LogP contribution in [0.15, 0.2) is 5.16 Å². The van der Waals surface area contributed by atoms with Gasteiger partial charge in [-0.1, -0.05) is 11.8 Å². The summed E-state index contributed by atoms with van der Waals surface area (Å²) in [5.41, 5.74) is 0. The first-order valence-corrected chi connectivity index (χ1v) is 8.86. The molecule has 2 fully saturated rings. The normalized spacial score (nSPS) is 31.2. The van der Waals surface area contributed by atoms with Crippen molar-refractivity contribution in [3.8, 4) is 0 Å². The van der Waals surface area contributed by atoms with E-state index in [9.17, 15) is 23.1 Å². The van der Waals surface area contributed by atoms with Gasteiger partial charge in [-0.05, 0) is 17.4 Å². The summed E-state index contributed by atoms with van der Waals surface area (Å²) in [6.07, 6.45) is -0.155. The molecule has 10 nitrogen and oxygen atoms in total. The van der Waals surface area contributed by atoms with Crippen molar-refractivity contribution in [1.82, 2.24) is 25.1 Å². The first-order valence-electron chi connectivity index (χ1n) is 6.32. The molecule has 0 spiro atoms. The zero-order valence-electron chi connectivity index (χ0n) is 13.7. The number of nitrogens with zero attached hydrogens (tertiary/aromatic N) is 5. The van der Waals surface area contributed by atoms with Crippen LogP contribution in [0.4, 0.5) is 0 Å². The number of carboxylic acids is 1. The SMILES string of the molecule is Cn1nnnc1SC[C@@]1(C)[C@H](C(=O)O)N2C(=O)C[C@H]2S1(=O)=O.[H-].[Na+]. The second kappa shape index (κ2) is 5.99. The third-order valence-corrected chi connectivity index (χ3v) is 8.42. The fourth-order valence-corrected chi connectivity index (χ4v) is 6.60. The Balaban J connectivity index is 0.00000144. The molecule has 1 N–H and O–H groups in total. The monoisotopic (exact) mass is 371 g/mol. The summed E-state index contributed by atoms with van der Waals surface area (Å²) >= 11 is 1.05. The molecule has 3 atom stereocenters. The van der Waals surface area contributed by atoms with Crippen LogP contribution in [0.5, 0.6) is 0 Å². The quantitative estimate of drug-likeness (QED) is 0.316. The molecule has 0 unspecified atom stereocenters. The van der Waals surface area contributed by atoms with E-state index in [-0.39, 0.29) is 43.2 Å². The molecule has 122 valence electrons. The van der Waals surface area contributed by atoms with Crippen LogP contribution in [-0.2, 0) is 26.5 Å². The third-order valence-electron chi connectivity index (χ3n) is 4.12. The number of amides is 1. The van der Waals surface area contributed by atoms with Gasteiger partial charge in [0.1, 0.15) is 10.1 Å². The molecule has 0 saturated carbocycles. The maximum absolute atomic E-state index is 12.7. The Bertz CT molecular complexity index is 773. The van der Waals surface area contributed by atoms with E-state index in [0.29, 0.717) is 5.16 Å². The van der Waals surface area contributed by atoms with Crippen molar-refractivity contribution in [2.75, 3.05) is 5.75 Å². The number of fused-ring (bicyclic) bond motifs is 1. The minimum atomic E-state index is -3.80. The fraction of sp³-hybridized carbons (Fsp3) is 0.700. The minimum Gasteiger partial charge on any atom is -1.00 e. The Morgan fingerprint density at radius 1 is 1.57 bits per heavy atom. The van der Waals surface area contributed by atoms with Crippen molar-refractivity contribution in [2.45, 2.75) is 34.7 Å². The Kier molecular flexibility index (Phi) is 4.86. The average molecular weight is 371 g/mol. The Hall–Kier alpha value is -0.690. The van der Waals surface area contributed by atoms with Crippen LogP contribution in [0.3, 0.4) is 0 Å². The number of aliphatic carboxylic acids is 1. The third kappa shape index (κ3) is 2.51. The number of carboxylic acid groups (broad SMARTS) is 1. The molecular formula is C10H14N5NaO5S2. The molecule has 0 bridgehead atoms. The fourth-order valence-electron chi connectivity index (χ4n) is 2.82. The molecular weight excluding hydrogens is 357 g/mol. The molecule has 1 aromatic rings. The molecule has 1 amide bonds. The van der Waals surface area contributed by atoms with Crippen LogP contribution < -0.4 is 29.6 Å². The Labute approximate surface area is 159 Å². The number of carbonyl (C=O) groups is 2. The van der Waals surface area contributed by atoms with Crippen LogP contribution in [0.2, 0.25) is 0 Å². The van der Waals surface area contributed by atoms with Crippen molar-refractivity contribution < 1.29 is 54.1 Å².